The Morgan fingerprint density at radius 3 is 2.90 bits per heavy atom. The van der Waals surface area contributed by atoms with E-state index in [1.807, 2.05) is 13.0 Å². The molecule has 0 saturated heterocycles. The third-order valence-corrected chi connectivity index (χ3v) is 3.62. The van der Waals surface area contributed by atoms with Gasteiger partial charge in [-0.15, -0.1) is 0 Å². The first kappa shape index (κ1) is 15.9. The van der Waals surface area contributed by atoms with Crippen LogP contribution in [0.5, 0.6) is 0 Å². The molecule has 0 spiro atoms. The number of ether oxygens (including phenoxy) is 1. The maximum absolute atomic E-state index is 13.8. The summed E-state index contributed by atoms with van der Waals surface area (Å²) in [5, 5.41) is 21.6. The molecule has 0 aromatic heterocycles. The monoisotopic (exact) mass is 292 g/mol. The minimum absolute atomic E-state index is 0.240. The molecule has 1 aliphatic rings. The molecule has 1 aromatic carbocycles. The molecule has 1 aromatic rings. The van der Waals surface area contributed by atoms with E-state index in [1.54, 1.807) is 12.1 Å². The molecule has 0 aliphatic heterocycles. The van der Waals surface area contributed by atoms with Gasteiger partial charge in [-0.1, -0.05) is 6.07 Å². The lowest BCUT2D eigenvalue weighted by Gasteiger charge is -2.18. The lowest BCUT2D eigenvalue weighted by molar-refractivity contribution is 0.0314. The maximum Gasteiger partial charge on any atom is 0.129 e. The molecule has 0 amide bonds. The Kier molecular flexibility index (Phi) is 5.68. The molecular weight excluding hydrogens is 271 g/mol. The Bertz CT molecular complexity index is 511. The van der Waals surface area contributed by atoms with Crippen molar-refractivity contribution in [3.8, 4) is 6.07 Å². The summed E-state index contributed by atoms with van der Waals surface area (Å²) in [7, 11) is 0. The van der Waals surface area contributed by atoms with E-state index in [-0.39, 0.29) is 6.04 Å². The van der Waals surface area contributed by atoms with Gasteiger partial charge in [-0.25, -0.2) is 4.39 Å². The topological polar surface area (TPSA) is 65.3 Å². The van der Waals surface area contributed by atoms with E-state index >= 15 is 0 Å². The van der Waals surface area contributed by atoms with Crippen molar-refractivity contribution in [3.63, 3.8) is 0 Å². The van der Waals surface area contributed by atoms with Gasteiger partial charge in [0.2, 0.25) is 0 Å². The number of nitrogens with zero attached hydrogens (tertiary/aromatic N) is 1. The predicted molar refractivity (Wildman–Crippen MR) is 77.1 cm³/mol. The van der Waals surface area contributed by atoms with Crippen LogP contribution < -0.4 is 5.32 Å². The van der Waals surface area contributed by atoms with Crippen LogP contribution >= 0.6 is 0 Å². The molecule has 0 heterocycles. The molecule has 1 saturated carbocycles. The van der Waals surface area contributed by atoms with Crippen LogP contribution in [0, 0.1) is 23.1 Å². The molecular formula is C16H21FN2O2. The normalized spacial score (nSPS) is 17.2. The Balaban J connectivity index is 1.75. The van der Waals surface area contributed by atoms with Gasteiger partial charge in [0.15, 0.2) is 0 Å². The Labute approximate surface area is 124 Å². The standard InChI is InChI=1S/C16H21FN2O2/c1-11(15-5-4-13(7-18)6-16(15)17)19-8-14(20)10-21-9-12-2-3-12/h4-6,11-12,14,19-20H,2-3,8-10H2,1H3. The van der Waals surface area contributed by atoms with Crippen molar-refractivity contribution in [1.29, 1.82) is 5.26 Å². The summed E-state index contributed by atoms with van der Waals surface area (Å²) in [5.74, 6) is 0.269. The molecule has 114 valence electrons. The van der Waals surface area contributed by atoms with Gasteiger partial charge in [0.05, 0.1) is 24.3 Å². The summed E-state index contributed by atoms with van der Waals surface area (Å²) in [6, 6.07) is 6.08. The van der Waals surface area contributed by atoms with Crippen molar-refractivity contribution in [2.24, 2.45) is 5.92 Å². The molecule has 2 unspecified atom stereocenters. The van der Waals surface area contributed by atoms with Crippen LogP contribution in [0.1, 0.15) is 36.9 Å². The van der Waals surface area contributed by atoms with Crippen LogP contribution in [-0.4, -0.2) is 31.0 Å². The summed E-state index contributed by atoms with van der Waals surface area (Å²) < 4.78 is 19.2. The number of rotatable bonds is 8. The van der Waals surface area contributed by atoms with Crippen molar-refractivity contribution < 1.29 is 14.2 Å². The second kappa shape index (κ2) is 7.51. The number of nitrogens with one attached hydrogen (secondary N) is 1. The minimum Gasteiger partial charge on any atom is -0.389 e. The molecule has 0 radical (unpaired) electrons. The van der Waals surface area contributed by atoms with Gasteiger partial charge < -0.3 is 15.2 Å². The summed E-state index contributed by atoms with van der Waals surface area (Å²) in [5.41, 5.74) is 0.789. The van der Waals surface area contributed by atoms with Crippen LogP contribution in [0.25, 0.3) is 0 Å². The van der Waals surface area contributed by atoms with Gasteiger partial charge in [0, 0.05) is 24.8 Å². The highest BCUT2D eigenvalue weighted by Gasteiger charge is 2.21. The highest BCUT2D eigenvalue weighted by Crippen LogP contribution is 2.28. The van der Waals surface area contributed by atoms with Crippen LogP contribution in [0.2, 0.25) is 0 Å². The Hall–Kier alpha value is -1.48. The number of aliphatic hydroxyl groups excluding tert-OH is 1. The van der Waals surface area contributed by atoms with E-state index in [1.165, 1.54) is 18.9 Å². The highest BCUT2D eigenvalue weighted by molar-refractivity contribution is 5.34. The fourth-order valence-corrected chi connectivity index (χ4v) is 2.08. The summed E-state index contributed by atoms with van der Waals surface area (Å²) in [6.07, 6.45) is 1.85. The van der Waals surface area contributed by atoms with Gasteiger partial charge in [-0.2, -0.15) is 5.26 Å². The average molecular weight is 292 g/mol. The molecule has 4 nitrogen and oxygen atoms in total. The molecule has 0 bridgehead atoms. The van der Waals surface area contributed by atoms with Gasteiger partial charge in [-0.3, -0.25) is 0 Å². The van der Waals surface area contributed by atoms with Gasteiger partial charge in [0.1, 0.15) is 5.82 Å². The van der Waals surface area contributed by atoms with Crippen LogP contribution in [0.3, 0.4) is 0 Å². The highest BCUT2D eigenvalue weighted by atomic mass is 19.1. The van der Waals surface area contributed by atoms with Crippen LogP contribution in [-0.2, 0) is 4.74 Å². The maximum atomic E-state index is 13.8. The third-order valence-electron chi connectivity index (χ3n) is 3.62. The van der Waals surface area contributed by atoms with Gasteiger partial charge in [0.25, 0.3) is 0 Å². The van der Waals surface area contributed by atoms with E-state index in [0.29, 0.717) is 30.2 Å². The first-order chi connectivity index (χ1) is 10.1. The largest absolute Gasteiger partial charge is 0.389 e. The molecule has 5 heteroatoms. The summed E-state index contributed by atoms with van der Waals surface area (Å²) in [4.78, 5) is 0. The van der Waals surface area contributed by atoms with Crippen molar-refractivity contribution in [1.82, 2.24) is 5.32 Å². The zero-order chi connectivity index (χ0) is 15.2. The van der Waals surface area contributed by atoms with Crippen molar-refractivity contribution in [2.45, 2.75) is 31.9 Å². The fraction of sp³-hybridized carbons (Fsp3) is 0.562. The van der Waals surface area contributed by atoms with Crippen LogP contribution in [0.4, 0.5) is 4.39 Å². The SMILES string of the molecule is CC(NCC(O)COCC1CC1)c1ccc(C#N)cc1F. The predicted octanol–water partition coefficient (Wildman–Crippen LogP) is 2.14. The molecule has 2 atom stereocenters. The Morgan fingerprint density at radius 1 is 1.52 bits per heavy atom. The number of nitriles is 1. The first-order valence-electron chi connectivity index (χ1n) is 7.29. The second-order valence-corrected chi connectivity index (χ2v) is 5.61. The number of halogens is 1. The first-order valence-corrected chi connectivity index (χ1v) is 7.29. The quantitative estimate of drug-likeness (QED) is 0.770. The minimum atomic E-state index is -0.604. The van der Waals surface area contributed by atoms with Crippen molar-refractivity contribution >= 4 is 0 Å². The smallest absolute Gasteiger partial charge is 0.129 e. The molecule has 2 N–H and O–H groups in total. The molecule has 2 rings (SSSR count). The van der Waals surface area contributed by atoms with Gasteiger partial charge >= 0.3 is 0 Å². The second-order valence-electron chi connectivity index (χ2n) is 5.61. The van der Waals surface area contributed by atoms with E-state index in [0.717, 1.165) is 6.61 Å². The summed E-state index contributed by atoms with van der Waals surface area (Å²) in [6.45, 7) is 3.18. The number of hydrogen-bond acceptors (Lipinski definition) is 4. The molecule has 1 fully saturated rings. The number of hydrogen-bond donors (Lipinski definition) is 2. The lowest BCUT2D eigenvalue weighted by Crippen LogP contribution is -2.32. The zero-order valence-corrected chi connectivity index (χ0v) is 12.2. The fourth-order valence-electron chi connectivity index (χ4n) is 2.08. The van der Waals surface area contributed by atoms with Crippen molar-refractivity contribution in [2.75, 3.05) is 19.8 Å². The number of benzene rings is 1. The van der Waals surface area contributed by atoms with E-state index in [4.69, 9.17) is 10.00 Å². The van der Waals surface area contributed by atoms with E-state index in [9.17, 15) is 9.50 Å². The summed E-state index contributed by atoms with van der Waals surface area (Å²) >= 11 is 0. The Morgan fingerprint density at radius 2 is 2.29 bits per heavy atom. The lowest BCUT2D eigenvalue weighted by atomic mass is 10.1. The average Bonchev–Trinajstić information content (AvgIpc) is 3.28. The molecule has 21 heavy (non-hydrogen) atoms. The van der Waals surface area contributed by atoms with E-state index < -0.39 is 11.9 Å². The third kappa shape index (κ3) is 5.09. The van der Waals surface area contributed by atoms with E-state index in [2.05, 4.69) is 5.32 Å². The van der Waals surface area contributed by atoms with Crippen molar-refractivity contribution in [3.05, 3.63) is 35.1 Å². The van der Waals surface area contributed by atoms with Crippen LogP contribution in [0.15, 0.2) is 18.2 Å². The van der Waals surface area contributed by atoms with Gasteiger partial charge in [-0.05, 0) is 37.8 Å². The molecule has 1 aliphatic carbocycles. The number of aliphatic hydroxyl groups is 1. The zero-order valence-electron chi connectivity index (χ0n) is 12.2.